The minimum absolute atomic E-state index is 0.652. The average Bonchev–Trinajstić information content (AvgIpc) is 2.05. The molecule has 2 nitrogen and oxygen atoms in total. The van der Waals surface area contributed by atoms with E-state index < -0.39 is 0 Å². The van der Waals surface area contributed by atoms with Crippen LogP contribution in [0.1, 0.15) is 12.8 Å². The van der Waals surface area contributed by atoms with Crippen LogP contribution in [0.15, 0.2) is 17.1 Å². The fourth-order valence-corrected chi connectivity index (χ4v) is 1.50. The average molecular weight is 135 g/mol. The van der Waals surface area contributed by atoms with E-state index in [1.807, 2.05) is 0 Å². The molecule has 2 heteroatoms. The molecule has 0 aromatic heterocycles. The minimum atomic E-state index is 0.652. The molecule has 10 heavy (non-hydrogen) atoms. The molecule has 0 aromatic carbocycles. The van der Waals surface area contributed by atoms with Crippen LogP contribution in [-0.2, 0) is 0 Å². The van der Waals surface area contributed by atoms with E-state index in [1.165, 1.54) is 18.6 Å². The van der Waals surface area contributed by atoms with Crippen LogP contribution in [0.5, 0.6) is 0 Å². The van der Waals surface area contributed by atoms with E-state index in [0.29, 0.717) is 12.6 Å². The summed E-state index contributed by atoms with van der Waals surface area (Å²) in [4.78, 5) is 4.31. The summed E-state index contributed by atoms with van der Waals surface area (Å²) in [6.45, 7) is 1.69. The van der Waals surface area contributed by atoms with Crippen LogP contribution < -0.4 is 5.32 Å². The smallest absolute Gasteiger partial charge is 0.104 e. The van der Waals surface area contributed by atoms with Crippen molar-refractivity contribution in [1.29, 1.82) is 0 Å². The van der Waals surface area contributed by atoms with Crippen molar-refractivity contribution < 1.29 is 0 Å². The number of rotatable bonds is 0. The van der Waals surface area contributed by atoms with Gasteiger partial charge >= 0.3 is 0 Å². The number of hydrogen-bond acceptors (Lipinski definition) is 1. The maximum Gasteiger partial charge on any atom is 0.104 e. The normalized spacial score (nSPS) is 31.2. The Balaban J connectivity index is 2.21. The molecule has 1 heterocycles. The molecule has 1 aliphatic heterocycles. The molecule has 2 rings (SSSR count). The molecule has 0 saturated carbocycles. The van der Waals surface area contributed by atoms with E-state index in [0.717, 1.165) is 6.54 Å². The van der Waals surface area contributed by atoms with Crippen LogP contribution in [0, 0.1) is 5.92 Å². The zero-order chi connectivity index (χ0) is 6.81. The number of fused-ring (bicyclic) bond motifs is 1. The Morgan fingerprint density at radius 2 is 2.50 bits per heavy atom. The van der Waals surface area contributed by atoms with E-state index >= 15 is 0 Å². The minimum Gasteiger partial charge on any atom is -0.273 e. The Hall–Kier alpha value is -0.630. The molecule has 1 aliphatic carbocycles. The second-order valence-electron chi connectivity index (χ2n) is 2.81. The predicted molar refractivity (Wildman–Crippen MR) is 41.2 cm³/mol. The third kappa shape index (κ3) is 0.991. The van der Waals surface area contributed by atoms with Gasteiger partial charge in [-0.1, -0.05) is 6.08 Å². The lowest BCUT2D eigenvalue weighted by Gasteiger charge is -2.22. The van der Waals surface area contributed by atoms with Gasteiger partial charge in [0.05, 0.1) is 0 Å². The first-order valence-electron chi connectivity index (χ1n) is 3.81. The number of nitrogens with zero attached hydrogens (tertiary/aromatic N) is 2. The third-order valence-electron chi connectivity index (χ3n) is 2.09. The summed E-state index contributed by atoms with van der Waals surface area (Å²) in [5.74, 6) is 0.652. The lowest BCUT2D eigenvalue weighted by molar-refractivity contribution is 0.521. The van der Waals surface area contributed by atoms with Crippen LogP contribution in [0.3, 0.4) is 0 Å². The summed E-state index contributed by atoms with van der Waals surface area (Å²) in [5, 5.41) is 4.24. The molecule has 2 aliphatic rings. The SMILES string of the molecule is C1=CC2=NC[N]CC2CC1. The van der Waals surface area contributed by atoms with E-state index in [-0.39, 0.29) is 0 Å². The van der Waals surface area contributed by atoms with Crippen LogP contribution in [-0.4, -0.2) is 18.9 Å². The highest BCUT2D eigenvalue weighted by atomic mass is 15.0. The molecule has 1 radical (unpaired) electrons. The highest BCUT2D eigenvalue weighted by Gasteiger charge is 2.18. The summed E-state index contributed by atoms with van der Waals surface area (Å²) in [5.41, 5.74) is 1.28. The summed E-state index contributed by atoms with van der Waals surface area (Å²) in [6.07, 6.45) is 6.82. The molecule has 0 N–H and O–H groups in total. The predicted octanol–water partition coefficient (Wildman–Crippen LogP) is 0.969. The summed E-state index contributed by atoms with van der Waals surface area (Å²) in [7, 11) is 0. The van der Waals surface area contributed by atoms with Crippen molar-refractivity contribution in [2.24, 2.45) is 10.9 Å². The topological polar surface area (TPSA) is 26.5 Å². The van der Waals surface area contributed by atoms with Crippen molar-refractivity contribution >= 4 is 5.71 Å². The standard InChI is InChI=1S/C8H11N2/c1-2-4-8-7(3-1)5-9-6-10-8/h2,4,7H,1,3,5-6H2. The first-order valence-corrected chi connectivity index (χ1v) is 3.81. The van der Waals surface area contributed by atoms with Gasteiger partial charge in [0, 0.05) is 18.2 Å². The Labute approximate surface area is 61.0 Å². The van der Waals surface area contributed by atoms with Gasteiger partial charge in [0.2, 0.25) is 0 Å². The van der Waals surface area contributed by atoms with E-state index in [2.05, 4.69) is 22.5 Å². The van der Waals surface area contributed by atoms with E-state index in [1.54, 1.807) is 0 Å². The summed E-state index contributed by atoms with van der Waals surface area (Å²) in [6, 6.07) is 0. The van der Waals surface area contributed by atoms with Gasteiger partial charge in [0.1, 0.15) is 6.67 Å². The second kappa shape index (κ2) is 2.54. The van der Waals surface area contributed by atoms with Crippen LogP contribution in [0.2, 0.25) is 0 Å². The molecule has 1 unspecified atom stereocenters. The molecule has 0 saturated heterocycles. The number of allylic oxidation sites excluding steroid dienone is 2. The van der Waals surface area contributed by atoms with Crippen LogP contribution in [0.25, 0.3) is 0 Å². The molecule has 0 aromatic rings. The Bertz CT molecular complexity index is 182. The van der Waals surface area contributed by atoms with Gasteiger partial charge in [-0.3, -0.25) is 4.99 Å². The van der Waals surface area contributed by atoms with Crippen molar-refractivity contribution in [2.45, 2.75) is 12.8 Å². The Kier molecular flexibility index (Phi) is 1.55. The van der Waals surface area contributed by atoms with Crippen molar-refractivity contribution in [3.05, 3.63) is 12.2 Å². The van der Waals surface area contributed by atoms with Crippen molar-refractivity contribution in [3.63, 3.8) is 0 Å². The zero-order valence-corrected chi connectivity index (χ0v) is 5.95. The van der Waals surface area contributed by atoms with Gasteiger partial charge in [-0.25, -0.2) is 5.32 Å². The zero-order valence-electron chi connectivity index (χ0n) is 5.95. The Morgan fingerprint density at radius 1 is 1.50 bits per heavy atom. The fraction of sp³-hybridized carbons (Fsp3) is 0.625. The molecule has 0 fully saturated rings. The quantitative estimate of drug-likeness (QED) is 0.473. The third-order valence-corrected chi connectivity index (χ3v) is 2.09. The highest BCUT2D eigenvalue weighted by Crippen LogP contribution is 2.17. The van der Waals surface area contributed by atoms with Gasteiger partial charge in [0.15, 0.2) is 0 Å². The van der Waals surface area contributed by atoms with E-state index in [9.17, 15) is 0 Å². The molecule has 0 amide bonds. The van der Waals surface area contributed by atoms with Crippen LogP contribution in [0.4, 0.5) is 0 Å². The van der Waals surface area contributed by atoms with Crippen molar-refractivity contribution in [1.82, 2.24) is 5.32 Å². The van der Waals surface area contributed by atoms with Gasteiger partial charge in [0.25, 0.3) is 0 Å². The van der Waals surface area contributed by atoms with Gasteiger partial charge in [-0.05, 0) is 18.9 Å². The Morgan fingerprint density at radius 3 is 3.40 bits per heavy atom. The number of hydrogen-bond donors (Lipinski definition) is 0. The van der Waals surface area contributed by atoms with Crippen molar-refractivity contribution in [3.8, 4) is 0 Å². The van der Waals surface area contributed by atoms with Gasteiger partial charge < -0.3 is 0 Å². The molecular weight excluding hydrogens is 124 g/mol. The molecule has 0 bridgehead atoms. The maximum atomic E-state index is 4.31. The molecule has 1 atom stereocenters. The largest absolute Gasteiger partial charge is 0.273 e. The van der Waals surface area contributed by atoms with E-state index in [4.69, 9.17) is 0 Å². The second-order valence-corrected chi connectivity index (χ2v) is 2.81. The van der Waals surface area contributed by atoms with Gasteiger partial charge in [-0.2, -0.15) is 0 Å². The first kappa shape index (κ1) is 6.10. The maximum absolute atomic E-state index is 4.31. The molecule has 0 spiro atoms. The number of aliphatic imine (C=N–C) groups is 1. The highest BCUT2D eigenvalue weighted by molar-refractivity contribution is 5.98. The lowest BCUT2D eigenvalue weighted by Crippen LogP contribution is -2.30. The van der Waals surface area contributed by atoms with Crippen molar-refractivity contribution in [2.75, 3.05) is 13.2 Å². The van der Waals surface area contributed by atoms with Crippen LogP contribution >= 0.6 is 0 Å². The monoisotopic (exact) mass is 135 g/mol. The lowest BCUT2D eigenvalue weighted by atomic mass is 9.91. The molecule has 53 valence electrons. The first-order chi connectivity index (χ1) is 4.97. The molecular formula is C8H11N2. The fourth-order valence-electron chi connectivity index (χ4n) is 1.50. The van der Waals surface area contributed by atoms with Gasteiger partial charge in [-0.15, -0.1) is 0 Å². The summed E-state index contributed by atoms with van der Waals surface area (Å²) >= 11 is 0. The summed E-state index contributed by atoms with van der Waals surface area (Å²) < 4.78 is 0.